The monoisotopic (exact) mass is 341 g/mol. The second kappa shape index (κ2) is 12.2. The largest absolute Gasteiger partial charge is 0.464 e. The Morgan fingerprint density at radius 3 is 2.08 bits per heavy atom. The van der Waals surface area contributed by atoms with Crippen LogP contribution < -0.4 is 5.32 Å². The van der Waals surface area contributed by atoms with E-state index in [2.05, 4.69) is 12.2 Å². The molecule has 0 aromatic rings. The summed E-state index contributed by atoms with van der Waals surface area (Å²) >= 11 is 0. The molecule has 1 aliphatic rings. The summed E-state index contributed by atoms with van der Waals surface area (Å²) in [5.41, 5.74) is -0.870. The van der Waals surface area contributed by atoms with Crippen molar-refractivity contribution in [3.8, 4) is 0 Å². The van der Waals surface area contributed by atoms with Crippen LogP contribution in [0.5, 0.6) is 0 Å². The highest BCUT2D eigenvalue weighted by Crippen LogP contribution is 2.31. The fourth-order valence-corrected chi connectivity index (χ4v) is 3.08. The standard InChI is InChI=1S/C19H35NO4/c1-3-5-7-8-9-12-16-23-17(21)19(13-10-11-14-19)20-18(22)24-15-6-4-2/h3-16H2,1-2H3,(H,20,22). The highest BCUT2D eigenvalue weighted by molar-refractivity contribution is 5.86. The molecule has 0 aromatic heterocycles. The molecule has 5 nitrogen and oxygen atoms in total. The van der Waals surface area contributed by atoms with Crippen molar-refractivity contribution in [3.05, 3.63) is 0 Å². The van der Waals surface area contributed by atoms with Crippen molar-refractivity contribution in [2.45, 2.75) is 96.4 Å². The molecule has 1 N–H and O–H groups in total. The lowest BCUT2D eigenvalue weighted by molar-refractivity contribution is -0.151. The van der Waals surface area contributed by atoms with Gasteiger partial charge < -0.3 is 14.8 Å². The maximum atomic E-state index is 12.5. The molecular formula is C19H35NO4. The van der Waals surface area contributed by atoms with E-state index >= 15 is 0 Å². The van der Waals surface area contributed by atoms with E-state index in [1.165, 1.54) is 25.7 Å². The molecule has 0 saturated heterocycles. The Labute approximate surface area is 146 Å². The Kier molecular flexibility index (Phi) is 10.5. The lowest BCUT2D eigenvalue weighted by Gasteiger charge is -2.27. The van der Waals surface area contributed by atoms with E-state index in [4.69, 9.17) is 9.47 Å². The maximum Gasteiger partial charge on any atom is 0.408 e. The molecule has 5 heteroatoms. The van der Waals surface area contributed by atoms with E-state index in [9.17, 15) is 9.59 Å². The van der Waals surface area contributed by atoms with Crippen LogP contribution in [0.2, 0.25) is 0 Å². The number of carbonyl (C=O) groups is 2. The molecule has 1 rings (SSSR count). The lowest BCUT2D eigenvalue weighted by atomic mass is 9.98. The van der Waals surface area contributed by atoms with Crippen molar-refractivity contribution in [2.24, 2.45) is 0 Å². The molecule has 140 valence electrons. The summed E-state index contributed by atoms with van der Waals surface area (Å²) in [6.07, 6.45) is 11.4. The van der Waals surface area contributed by atoms with E-state index < -0.39 is 11.6 Å². The Hall–Kier alpha value is -1.26. The zero-order valence-corrected chi connectivity index (χ0v) is 15.5. The van der Waals surface area contributed by atoms with Gasteiger partial charge in [0.25, 0.3) is 0 Å². The molecule has 24 heavy (non-hydrogen) atoms. The average Bonchev–Trinajstić information content (AvgIpc) is 3.03. The molecule has 0 bridgehead atoms. The number of rotatable bonds is 12. The minimum atomic E-state index is -0.870. The van der Waals surface area contributed by atoms with Crippen LogP contribution in [-0.4, -0.2) is 30.8 Å². The number of unbranched alkanes of at least 4 members (excludes halogenated alkanes) is 6. The highest BCUT2D eigenvalue weighted by Gasteiger charge is 2.44. The van der Waals surface area contributed by atoms with Gasteiger partial charge in [-0.3, -0.25) is 0 Å². The SMILES string of the molecule is CCCCCCCCOC(=O)C1(NC(=O)OCCCC)CCCC1. The van der Waals surface area contributed by atoms with Gasteiger partial charge in [-0.2, -0.15) is 0 Å². The molecule has 0 atom stereocenters. The normalized spacial score (nSPS) is 15.9. The molecule has 0 heterocycles. The van der Waals surface area contributed by atoms with Crippen LogP contribution in [0.25, 0.3) is 0 Å². The lowest BCUT2D eigenvalue weighted by Crippen LogP contribution is -2.53. The molecule has 0 spiro atoms. The van der Waals surface area contributed by atoms with E-state index in [0.717, 1.165) is 38.5 Å². The molecule has 0 aliphatic heterocycles. The number of esters is 1. The van der Waals surface area contributed by atoms with Crippen molar-refractivity contribution in [1.82, 2.24) is 5.32 Å². The summed E-state index contributed by atoms with van der Waals surface area (Å²) in [4.78, 5) is 24.4. The van der Waals surface area contributed by atoms with Gasteiger partial charge >= 0.3 is 12.1 Å². The summed E-state index contributed by atoms with van der Waals surface area (Å²) in [5.74, 6) is -0.291. The number of ether oxygens (including phenoxy) is 2. The average molecular weight is 341 g/mol. The third kappa shape index (κ3) is 7.54. The Morgan fingerprint density at radius 1 is 0.833 bits per heavy atom. The van der Waals surface area contributed by atoms with Crippen LogP contribution >= 0.6 is 0 Å². The minimum absolute atomic E-state index is 0.291. The first kappa shape index (κ1) is 20.8. The summed E-state index contributed by atoms with van der Waals surface area (Å²) in [6, 6.07) is 0. The van der Waals surface area contributed by atoms with Gasteiger partial charge in [0.05, 0.1) is 13.2 Å². The molecule has 0 aromatic carbocycles. The molecular weight excluding hydrogens is 306 g/mol. The fraction of sp³-hybridized carbons (Fsp3) is 0.895. The highest BCUT2D eigenvalue weighted by atomic mass is 16.6. The number of hydrogen-bond donors (Lipinski definition) is 1. The third-order valence-corrected chi connectivity index (χ3v) is 4.65. The zero-order chi connectivity index (χ0) is 17.7. The number of alkyl carbamates (subject to hydrolysis) is 1. The quantitative estimate of drug-likeness (QED) is 0.412. The number of carbonyl (C=O) groups excluding carboxylic acids is 2. The first-order chi connectivity index (χ1) is 11.6. The molecule has 0 unspecified atom stereocenters. The van der Waals surface area contributed by atoms with Crippen LogP contribution in [0.4, 0.5) is 4.79 Å². The second-order valence-corrected chi connectivity index (χ2v) is 6.81. The van der Waals surface area contributed by atoms with Gasteiger partial charge in [0.1, 0.15) is 5.54 Å². The molecule has 1 aliphatic carbocycles. The number of nitrogens with one attached hydrogen (secondary N) is 1. The molecule has 1 saturated carbocycles. The van der Waals surface area contributed by atoms with Crippen molar-refractivity contribution in [1.29, 1.82) is 0 Å². The van der Waals surface area contributed by atoms with Gasteiger partial charge in [-0.1, -0.05) is 65.2 Å². The minimum Gasteiger partial charge on any atom is -0.464 e. The van der Waals surface area contributed by atoms with Crippen LogP contribution in [0.3, 0.4) is 0 Å². The summed E-state index contributed by atoms with van der Waals surface area (Å²) < 4.78 is 10.6. The molecule has 1 amide bonds. The second-order valence-electron chi connectivity index (χ2n) is 6.81. The van der Waals surface area contributed by atoms with Crippen molar-refractivity contribution < 1.29 is 19.1 Å². The van der Waals surface area contributed by atoms with E-state index in [1.807, 2.05) is 6.92 Å². The van der Waals surface area contributed by atoms with Crippen LogP contribution in [0.15, 0.2) is 0 Å². The Morgan fingerprint density at radius 2 is 1.42 bits per heavy atom. The van der Waals surface area contributed by atoms with Gasteiger partial charge in [0, 0.05) is 0 Å². The van der Waals surface area contributed by atoms with Gasteiger partial charge in [-0.05, 0) is 25.7 Å². The Balaban J connectivity index is 2.31. The summed E-state index contributed by atoms with van der Waals surface area (Å²) in [5, 5.41) is 2.78. The summed E-state index contributed by atoms with van der Waals surface area (Å²) in [7, 11) is 0. The Bertz CT molecular complexity index is 364. The topological polar surface area (TPSA) is 64.6 Å². The first-order valence-electron chi connectivity index (χ1n) is 9.77. The van der Waals surface area contributed by atoms with Crippen molar-refractivity contribution >= 4 is 12.1 Å². The van der Waals surface area contributed by atoms with Gasteiger partial charge in [0.15, 0.2) is 0 Å². The van der Waals surface area contributed by atoms with Crippen molar-refractivity contribution in [3.63, 3.8) is 0 Å². The number of hydrogen-bond acceptors (Lipinski definition) is 4. The predicted octanol–water partition coefficient (Wildman–Crippen LogP) is 4.73. The predicted molar refractivity (Wildman–Crippen MR) is 94.9 cm³/mol. The van der Waals surface area contributed by atoms with Crippen LogP contribution in [0, 0.1) is 0 Å². The summed E-state index contributed by atoms with van der Waals surface area (Å²) in [6.45, 7) is 5.08. The molecule has 0 radical (unpaired) electrons. The van der Waals surface area contributed by atoms with Gasteiger partial charge in [0.2, 0.25) is 0 Å². The van der Waals surface area contributed by atoms with Crippen LogP contribution in [0.1, 0.15) is 90.9 Å². The van der Waals surface area contributed by atoms with E-state index in [1.54, 1.807) is 0 Å². The van der Waals surface area contributed by atoms with Crippen LogP contribution in [-0.2, 0) is 14.3 Å². The van der Waals surface area contributed by atoms with Crippen molar-refractivity contribution in [2.75, 3.05) is 13.2 Å². The van der Waals surface area contributed by atoms with E-state index in [0.29, 0.717) is 26.1 Å². The first-order valence-corrected chi connectivity index (χ1v) is 9.77. The van der Waals surface area contributed by atoms with Gasteiger partial charge in [-0.25, -0.2) is 9.59 Å². The fourth-order valence-electron chi connectivity index (χ4n) is 3.08. The van der Waals surface area contributed by atoms with E-state index in [-0.39, 0.29) is 5.97 Å². The third-order valence-electron chi connectivity index (χ3n) is 4.65. The number of amides is 1. The smallest absolute Gasteiger partial charge is 0.408 e. The van der Waals surface area contributed by atoms with Gasteiger partial charge in [-0.15, -0.1) is 0 Å². The zero-order valence-electron chi connectivity index (χ0n) is 15.5. The molecule has 1 fully saturated rings. The maximum absolute atomic E-state index is 12.5.